The molecule has 9 heteroatoms. The van der Waals surface area contributed by atoms with Crippen LogP contribution in [0.1, 0.15) is 27.2 Å². The summed E-state index contributed by atoms with van der Waals surface area (Å²) in [6.07, 6.45) is 2.89. The lowest BCUT2D eigenvalue weighted by molar-refractivity contribution is 0.104. The average molecular weight is 462 g/mol. The van der Waals surface area contributed by atoms with E-state index in [1.165, 1.54) is 50.5 Å². The lowest BCUT2D eigenvalue weighted by Crippen LogP contribution is -2.22. The molecular weight excluding hydrogens is 441 g/mol. The van der Waals surface area contributed by atoms with E-state index in [-0.39, 0.29) is 22.1 Å². The van der Waals surface area contributed by atoms with Crippen molar-refractivity contribution < 1.29 is 17.6 Å². The zero-order valence-electron chi connectivity index (χ0n) is 17.2. The van der Waals surface area contributed by atoms with Crippen LogP contribution in [0.2, 0.25) is 5.15 Å². The SMILES string of the molecule is Cc1nn(Cc2ccc(F)cc2)c(Cl)c1/C=C/C(=O)c1cccc(S(=O)(=O)N(C)C)c1. The largest absolute Gasteiger partial charge is 0.289 e. The summed E-state index contributed by atoms with van der Waals surface area (Å²) < 4.78 is 40.3. The Morgan fingerprint density at radius 3 is 2.52 bits per heavy atom. The molecule has 6 nitrogen and oxygen atoms in total. The zero-order valence-corrected chi connectivity index (χ0v) is 18.8. The van der Waals surface area contributed by atoms with E-state index in [1.807, 2.05) is 0 Å². The molecule has 31 heavy (non-hydrogen) atoms. The second kappa shape index (κ2) is 9.13. The van der Waals surface area contributed by atoms with E-state index in [1.54, 1.807) is 35.9 Å². The van der Waals surface area contributed by atoms with Gasteiger partial charge in [-0.3, -0.25) is 4.79 Å². The molecule has 3 aromatic rings. The number of halogens is 2. The maximum Gasteiger partial charge on any atom is 0.242 e. The summed E-state index contributed by atoms with van der Waals surface area (Å²) in [6.45, 7) is 2.12. The fourth-order valence-electron chi connectivity index (χ4n) is 2.90. The van der Waals surface area contributed by atoms with Crippen molar-refractivity contribution in [3.05, 3.63) is 88.0 Å². The summed E-state index contributed by atoms with van der Waals surface area (Å²) in [5.74, 6) is -0.686. The summed E-state index contributed by atoms with van der Waals surface area (Å²) in [4.78, 5) is 12.7. The monoisotopic (exact) mass is 461 g/mol. The number of aromatic nitrogens is 2. The number of sulfonamides is 1. The van der Waals surface area contributed by atoms with Crippen molar-refractivity contribution in [2.75, 3.05) is 14.1 Å². The highest BCUT2D eigenvalue weighted by atomic mass is 35.5. The topological polar surface area (TPSA) is 72.3 Å². The predicted octanol–water partition coefficient (Wildman–Crippen LogP) is 4.18. The quantitative estimate of drug-likeness (QED) is 0.391. The normalized spacial score (nSPS) is 12.1. The van der Waals surface area contributed by atoms with Crippen molar-refractivity contribution in [1.82, 2.24) is 14.1 Å². The van der Waals surface area contributed by atoms with Crippen molar-refractivity contribution in [2.24, 2.45) is 0 Å². The molecule has 0 spiro atoms. The van der Waals surface area contributed by atoms with E-state index in [2.05, 4.69) is 5.10 Å². The third-order valence-corrected chi connectivity index (χ3v) is 6.86. The molecule has 0 fully saturated rings. The second-order valence-electron chi connectivity index (χ2n) is 7.09. The van der Waals surface area contributed by atoms with E-state index in [0.717, 1.165) is 9.87 Å². The number of ketones is 1. The molecule has 0 saturated carbocycles. The molecule has 2 aromatic carbocycles. The summed E-state index contributed by atoms with van der Waals surface area (Å²) in [6, 6.07) is 11.9. The van der Waals surface area contributed by atoms with Crippen LogP contribution in [0.4, 0.5) is 4.39 Å². The highest BCUT2D eigenvalue weighted by molar-refractivity contribution is 7.89. The smallest absolute Gasteiger partial charge is 0.242 e. The number of nitrogens with zero attached hydrogens (tertiary/aromatic N) is 3. The summed E-state index contributed by atoms with van der Waals surface area (Å²) >= 11 is 6.44. The summed E-state index contributed by atoms with van der Waals surface area (Å²) in [5.41, 5.74) is 2.28. The molecule has 0 aliphatic carbocycles. The second-order valence-corrected chi connectivity index (χ2v) is 9.60. The summed E-state index contributed by atoms with van der Waals surface area (Å²) in [5, 5.41) is 4.73. The number of hydrogen-bond acceptors (Lipinski definition) is 4. The molecule has 0 radical (unpaired) electrons. The lowest BCUT2D eigenvalue weighted by Gasteiger charge is -2.11. The Kier molecular flexibility index (Phi) is 6.74. The van der Waals surface area contributed by atoms with Gasteiger partial charge in [-0.05, 0) is 48.9 Å². The Morgan fingerprint density at radius 2 is 1.87 bits per heavy atom. The van der Waals surface area contributed by atoms with Gasteiger partial charge in [0.05, 0.1) is 17.1 Å². The maximum atomic E-state index is 13.1. The number of benzene rings is 2. The number of rotatable bonds is 7. The number of allylic oxidation sites excluding steroid dienone is 1. The van der Waals surface area contributed by atoms with Crippen molar-refractivity contribution in [2.45, 2.75) is 18.4 Å². The predicted molar refractivity (Wildman–Crippen MR) is 118 cm³/mol. The lowest BCUT2D eigenvalue weighted by atomic mass is 10.1. The zero-order chi connectivity index (χ0) is 22.8. The van der Waals surface area contributed by atoms with Crippen LogP contribution in [0.25, 0.3) is 6.08 Å². The van der Waals surface area contributed by atoms with Gasteiger partial charge in [0.15, 0.2) is 5.78 Å². The van der Waals surface area contributed by atoms with Gasteiger partial charge in [0.25, 0.3) is 0 Å². The minimum absolute atomic E-state index is 0.0399. The van der Waals surface area contributed by atoms with E-state index in [9.17, 15) is 17.6 Å². The highest BCUT2D eigenvalue weighted by Crippen LogP contribution is 2.23. The first-order valence-corrected chi connectivity index (χ1v) is 11.1. The fraction of sp³-hybridized carbons (Fsp3) is 0.182. The van der Waals surface area contributed by atoms with Gasteiger partial charge < -0.3 is 0 Å². The minimum atomic E-state index is -3.64. The van der Waals surface area contributed by atoms with Gasteiger partial charge in [0, 0.05) is 25.2 Å². The van der Waals surface area contributed by atoms with Crippen molar-refractivity contribution in [3.63, 3.8) is 0 Å². The molecule has 0 N–H and O–H groups in total. The van der Waals surface area contributed by atoms with Crippen LogP contribution in [-0.4, -0.2) is 42.4 Å². The molecule has 0 aliphatic rings. The maximum absolute atomic E-state index is 13.1. The number of aryl methyl sites for hydroxylation is 1. The average Bonchev–Trinajstić information content (AvgIpc) is 3.00. The fourth-order valence-corrected chi connectivity index (χ4v) is 4.15. The molecule has 1 aromatic heterocycles. The molecular formula is C22H21ClFN3O3S. The van der Waals surface area contributed by atoms with Crippen molar-refractivity contribution in [1.29, 1.82) is 0 Å². The molecule has 0 aliphatic heterocycles. The van der Waals surface area contributed by atoms with Gasteiger partial charge in [-0.2, -0.15) is 5.10 Å². The van der Waals surface area contributed by atoms with Crippen LogP contribution in [0, 0.1) is 12.7 Å². The number of carbonyl (C=O) groups is 1. The van der Waals surface area contributed by atoms with E-state index in [0.29, 0.717) is 23.0 Å². The van der Waals surface area contributed by atoms with Crippen molar-refractivity contribution in [3.8, 4) is 0 Å². The molecule has 0 atom stereocenters. The third-order valence-electron chi connectivity index (χ3n) is 4.65. The Balaban J connectivity index is 1.83. The molecule has 3 rings (SSSR count). The van der Waals surface area contributed by atoms with Gasteiger partial charge >= 0.3 is 0 Å². The molecule has 0 unspecified atom stereocenters. The Morgan fingerprint density at radius 1 is 1.19 bits per heavy atom. The summed E-state index contributed by atoms with van der Waals surface area (Å²) in [7, 11) is -0.786. The van der Waals surface area contributed by atoms with Gasteiger partial charge in [0.1, 0.15) is 11.0 Å². The van der Waals surface area contributed by atoms with Crippen LogP contribution >= 0.6 is 11.6 Å². The first-order valence-electron chi connectivity index (χ1n) is 9.32. The van der Waals surface area contributed by atoms with E-state index >= 15 is 0 Å². The van der Waals surface area contributed by atoms with E-state index < -0.39 is 10.0 Å². The highest BCUT2D eigenvalue weighted by Gasteiger charge is 2.18. The number of hydrogen-bond donors (Lipinski definition) is 0. The molecule has 0 amide bonds. The van der Waals surface area contributed by atoms with Crippen LogP contribution in [0.3, 0.4) is 0 Å². The molecule has 0 bridgehead atoms. The minimum Gasteiger partial charge on any atom is -0.289 e. The van der Waals surface area contributed by atoms with Crippen LogP contribution in [-0.2, 0) is 16.6 Å². The third kappa shape index (κ3) is 5.10. The molecule has 162 valence electrons. The van der Waals surface area contributed by atoms with Crippen LogP contribution < -0.4 is 0 Å². The van der Waals surface area contributed by atoms with Crippen LogP contribution in [0.15, 0.2) is 59.5 Å². The Bertz CT molecular complexity index is 1250. The standard InChI is InChI=1S/C22H21ClFN3O3S/c1-15-20(22(23)27(25-15)14-16-7-9-18(24)10-8-16)11-12-21(28)17-5-4-6-19(13-17)31(29,30)26(2)3/h4-13H,14H2,1-3H3/b12-11+. The Labute approximate surface area is 185 Å². The first kappa shape index (κ1) is 22.9. The van der Waals surface area contributed by atoms with Crippen LogP contribution in [0.5, 0.6) is 0 Å². The van der Waals surface area contributed by atoms with Crippen molar-refractivity contribution >= 4 is 33.5 Å². The van der Waals surface area contributed by atoms with Gasteiger partial charge in [-0.25, -0.2) is 21.8 Å². The van der Waals surface area contributed by atoms with Gasteiger partial charge in [-0.15, -0.1) is 0 Å². The molecule has 1 heterocycles. The number of carbonyl (C=O) groups excluding carboxylic acids is 1. The Hall–Kier alpha value is -2.81. The van der Waals surface area contributed by atoms with E-state index in [4.69, 9.17) is 11.6 Å². The van der Waals surface area contributed by atoms with Gasteiger partial charge in [0.2, 0.25) is 10.0 Å². The van der Waals surface area contributed by atoms with Gasteiger partial charge in [-0.1, -0.05) is 35.9 Å². The first-order chi connectivity index (χ1) is 14.6. The molecule has 0 saturated heterocycles.